The lowest BCUT2D eigenvalue weighted by atomic mass is 9.96. The summed E-state index contributed by atoms with van der Waals surface area (Å²) in [5, 5.41) is 0.429. The van der Waals surface area contributed by atoms with Gasteiger partial charge in [0.15, 0.2) is 0 Å². The van der Waals surface area contributed by atoms with E-state index in [1.54, 1.807) is 22.3 Å². The van der Waals surface area contributed by atoms with E-state index in [1.165, 1.54) is 22.3 Å². The Hall–Kier alpha value is 0.120. The highest BCUT2D eigenvalue weighted by atomic mass is 127. The zero-order valence-corrected chi connectivity index (χ0v) is 18.9. The van der Waals surface area contributed by atoms with E-state index in [4.69, 9.17) is 0 Å². The van der Waals surface area contributed by atoms with Gasteiger partial charge in [-0.25, -0.2) is 0 Å². The third-order valence-electron chi connectivity index (χ3n) is 7.08. The molecule has 0 atom stereocenters. The third kappa shape index (κ3) is 2.04. The molecule has 122 valence electrons. The molecule has 0 unspecified atom stereocenters. The predicted molar refractivity (Wildman–Crippen MR) is 111 cm³/mol. The predicted octanol–water partition coefficient (Wildman–Crippen LogP) is 7.71. The lowest BCUT2D eigenvalue weighted by Crippen LogP contribution is -2.34. The molecule has 0 aliphatic heterocycles. The van der Waals surface area contributed by atoms with Crippen LogP contribution in [0.3, 0.4) is 0 Å². The number of hydrogen-bond donors (Lipinski definition) is 0. The van der Waals surface area contributed by atoms with Crippen molar-refractivity contribution in [3.8, 4) is 0 Å². The third-order valence-corrected chi connectivity index (χ3v) is 15.8. The molecule has 0 fully saturated rings. The van der Waals surface area contributed by atoms with Crippen LogP contribution in [-0.2, 0) is 0 Å². The van der Waals surface area contributed by atoms with Crippen molar-refractivity contribution in [2.75, 3.05) is 0 Å². The molecule has 0 aromatic carbocycles. The Balaban J connectivity index is 2.66. The van der Waals surface area contributed by atoms with Crippen LogP contribution in [0.2, 0.25) is 0 Å². The fraction of sp³-hybridized carbons (Fsp3) is 0.600. The quantitative estimate of drug-likeness (QED) is 0.312. The fourth-order valence-electron chi connectivity index (χ4n) is 4.18. The Bertz CT molecular complexity index is 564. The molecule has 0 aromatic rings. The van der Waals surface area contributed by atoms with Gasteiger partial charge >= 0.3 is 0 Å². The first kappa shape index (κ1) is 18.5. The van der Waals surface area contributed by atoms with E-state index in [0.717, 1.165) is 0 Å². The average molecular weight is 428 g/mol. The van der Waals surface area contributed by atoms with Crippen molar-refractivity contribution < 1.29 is 0 Å². The van der Waals surface area contributed by atoms with E-state index in [0.29, 0.717) is 0 Å². The van der Waals surface area contributed by atoms with Crippen LogP contribution in [-0.4, -0.2) is 10.3 Å². The monoisotopic (exact) mass is 428 g/mol. The fourth-order valence-corrected chi connectivity index (χ4v) is 11.3. The normalized spacial score (nSPS) is 24.5. The Morgan fingerprint density at radius 1 is 0.545 bits per heavy atom. The molecule has 0 N–H and O–H groups in total. The van der Waals surface area contributed by atoms with Crippen LogP contribution in [0.4, 0.5) is 0 Å². The summed E-state index contributed by atoms with van der Waals surface area (Å²) in [6, 6.07) is 0. The molecule has 0 amide bonds. The van der Waals surface area contributed by atoms with Gasteiger partial charge in [0.25, 0.3) is 0 Å². The summed E-state index contributed by atoms with van der Waals surface area (Å²) in [7, 11) is 0. The van der Waals surface area contributed by atoms with Gasteiger partial charge < -0.3 is 0 Å². The molecule has 2 aliphatic rings. The van der Waals surface area contributed by atoms with Crippen LogP contribution in [0.25, 0.3) is 0 Å². The number of rotatable bonds is 2. The van der Waals surface area contributed by atoms with Crippen LogP contribution in [0.15, 0.2) is 44.6 Å². The summed E-state index contributed by atoms with van der Waals surface area (Å²) < 4.78 is 0. The van der Waals surface area contributed by atoms with Crippen molar-refractivity contribution in [2.45, 2.75) is 79.5 Å². The molecular formula is C20H30IP. The maximum Gasteiger partial charge on any atom is 0.0401 e. The van der Waals surface area contributed by atoms with Gasteiger partial charge in [0.2, 0.25) is 0 Å². The highest BCUT2D eigenvalue weighted by molar-refractivity contribution is 14.2. The van der Waals surface area contributed by atoms with E-state index < -0.39 is 0 Å². The second kappa shape index (κ2) is 5.59. The largest absolute Gasteiger partial charge is 0.0551 e. The number of allylic oxidation sites excluding steroid dienone is 8. The first-order valence-corrected chi connectivity index (χ1v) is 12.2. The summed E-state index contributed by atoms with van der Waals surface area (Å²) in [4.78, 5) is 0. The Labute approximate surface area is 151 Å². The zero-order chi connectivity index (χ0) is 17.2. The van der Waals surface area contributed by atoms with Gasteiger partial charge in [0, 0.05) is 10.3 Å². The summed E-state index contributed by atoms with van der Waals surface area (Å²) in [5.74, 6) is 0. The number of halogens is 1. The SMILES string of the molecule is CC1=C(C)C(C)(P(I)C2(C)C(C)=C(C)C(C)=C2C)C(C)=C1C. The van der Waals surface area contributed by atoms with Gasteiger partial charge in [-0.15, -0.1) is 0 Å². The van der Waals surface area contributed by atoms with Gasteiger partial charge in [-0.05, 0) is 97.1 Å². The van der Waals surface area contributed by atoms with Gasteiger partial charge in [-0.2, -0.15) is 0 Å². The zero-order valence-electron chi connectivity index (χ0n) is 15.8. The summed E-state index contributed by atoms with van der Waals surface area (Å²) >= 11 is 2.81. The summed E-state index contributed by atoms with van der Waals surface area (Å²) in [5.41, 5.74) is 12.2. The minimum Gasteiger partial charge on any atom is -0.0551 e. The van der Waals surface area contributed by atoms with Crippen molar-refractivity contribution in [1.82, 2.24) is 0 Å². The highest BCUT2D eigenvalue weighted by Crippen LogP contribution is 2.77. The van der Waals surface area contributed by atoms with Crippen LogP contribution in [0.1, 0.15) is 69.2 Å². The van der Waals surface area contributed by atoms with E-state index in [2.05, 4.69) is 91.3 Å². The van der Waals surface area contributed by atoms with E-state index in [1.807, 2.05) is 0 Å². The minimum atomic E-state index is -0.272. The van der Waals surface area contributed by atoms with Crippen LogP contribution in [0.5, 0.6) is 0 Å². The standard InChI is InChI=1S/C20H30IP/c1-11-12(2)16(6)19(9,15(11)5)22(21)20(10)17(7)13(3)14(4)18(20)8/h1-10H3. The topological polar surface area (TPSA) is 0 Å². The number of hydrogen-bond acceptors (Lipinski definition) is 0. The van der Waals surface area contributed by atoms with Crippen LogP contribution < -0.4 is 0 Å². The molecule has 0 radical (unpaired) electrons. The molecular weight excluding hydrogens is 398 g/mol. The Kier molecular flexibility index (Phi) is 4.69. The van der Waals surface area contributed by atoms with Crippen molar-refractivity contribution in [1.29, 1.82) is 0 Å². The van der Waals surface area contributed by atoms with Gasteiger partial charge in [-0.3, -0.25) is 0 Å². The van der Waals surface area contributed by atoms with E-state index in [-0.39, 0.29) is 15.9 Å². The highest BCUT2D eigenvalue weighted by Gasteiger charge is 2.52. The molecule has 0 nitrogen and oxygen atoms in total. The molecule has 2 rings (SSSR count). The van der Waals surface area contributed by atoms with Crippen LogP contribution in [0, 0.1) is 0 Å². The molecule has 2 aliphatic carbocycles. The first-order valence-electron chi connectivity index (χ1n) is 8.12. The van der Waals surface area contributed by atoms with Crippen LogP contribution >= 0.6 is 27.6 Å². The van der Waals surface area contributed by atoms with E-state index in [9.17, 15) is 0 Å². The van der Waals surface area contributed by atoms with Gasteiger partial charge in [-0.1, -0.05) is 44.3 Å². The molecule has 0 saturated carbocycles. The van der Waals surface area contributed by atoms with Crippen molar-refractivity contribution in [3.05, 3.63) is 44.6 Å². The molecule has 0 spiro atoms. The maximum absolute atomic E-state index is 2.81. The summed E-state index contributed by atoms with van der Waals surface area (Å²) in [6.45, 7) is 23.6. The molecule has 22 heavy (non-hydrogen) atoms. The lowest BCUT2D eigenvalue weighted by Gasteiger charge is -2.46. The van der Waals surface area contributed by atoms with Crippen molar-refractivity contribution >= 4 is 27.6 Å². The Morgan fingerprint density at radius 3 is 0.909 bits per heavy atom. The minimum absolute atomic E-state index is 0.215. The molecule has 0 heterocycles. The molecule has 2 heteroatoms. The van der Waals surface area contributed by atoms with E-state index >= 15 is 0 Å². The average Bonchev–Trinajstić information content (AvgIpc) is 2.75. The first-order chi connectivity index (χ1) is 9.93. The van der Waals surface area contributed by atoms with Crippen molar-refractivity contribution in [3.63, 3.8) is 0 Å². The lowest BCUT2D eigenvalue weighted by molar-refractivity contribution is 0.799. The van der Waals surface area contributed by atoms with Gasteiger partial charge in [0.05, 0.1) is 0 Å². The summed E-state index contributed by atoms with van der Waals surface area (Å²) in [6.07, 6.45) is 0. The smallest absolute Gasteiger partial charge is 0.0401 e. The Morgan fingerprint density at radius 2 is 0.727 bits per heavy atom. The maximum atomic E-state index is 2.81. The molecule has 0 bridgehead atoms. The van der Waals surface area contributed by atoms with Crippen molar-refractivity contribution in [2.24, 2.45) is 0 Å². The van der Waals surface area contributed by atoms with Gasteiger partial charge in [0.1, 0.15) is 0 Å². The molecule has 0 aromatic heterocycles. The second-order valence-electron chi connectivity index (χ2n) is 7.43. The molecule has 0 saturated heterocycles. The second-order valence-corrected chi connectivity index (χ2v) is 12.7.